The van der Waals surface area contributed by atoms with Crippen LogP contribution in [0.15, 0.2) is 36.4 Å². The van der Waals surface area contributed by atoms with Gasteiger partial charge in [-0.3, -0.25) is 0 Å². The van der Waals surface area contributed by atoms with E-state index in [2.05, 4.69) is 9.97 Å². The lowest BCUT2D eigenvalue weighted by Crippen LogP contribution is -1.83. The highest BCUT2D eigenvalue weighted by Crippen LogP contribution is 2.28. The lowest BCUT2D eigenvalue weighted by molar-refractivity contribution is 0.628. The van der Waals surface area contributed by atoms with Crippen LogP contribution in [-0.4, -0.2) is 9.97 Å². The Balaban J connectivity index is 2.23. The molecule has 1 N–H and O–H groups in total. The van der Waals surface area contributed by atoms with Gasteiger partial charge in [0.15, 0.2) is 0 Å². The van der Waals surface area contributed by atoms with Gasteiger partial charge in [-0.05, 0) is 36.8 Å². The van der Waals surface area contributed by atoms with Gasteiger partial charge in [-0.15, -0.1) is 0 Å². The third-order valence-corrected chi connectivity index (χ3v) is 3.21. The first-order valence-corrected chi connectivity index (χ1v) is 5.94. The fourth-order valence-corrected chi connectivity index (χ4v) is 2.24. The van der Waals surface area contributed by atoms with E-state index in [0.29, 0.717) is 16.4 Å². The molecular formula is C14H10ClFN2. The van der Waals surface area contributed by atoms with Gasteiger partial charge in [-0.2, -0.15) is 0 Å². The van der Waals surface area contributed by atoms with E-state index in [0.717, 1.165) is 16.6 Å². The zero-order chi connectivity index (χ0) is 12.7. The molecule has 1 heterocycles. The number of H-pyrrole nitrogens is 1. The minimum absolute atomic E-state index is 0.351. The molecule has 2 nitrogen and oxygen atoms in total. The monoisotopic (exact) mass is 260 g/mol. The molecule has 0 bridgehead atoms. The highest BCUT2D eigenvalue weighted by atomic mass is 35.5. The summed E-state index contributed by atoms with van der Waals surface area (Å²) in [6.45, 7) is 2.00. The Morgan fingerprint density at radius 3 is 2.78 bits per heavy atom. The zero-order valence-corrected chi connectivity index (χ0v) is 10.4. The number of aromatic nitrogens is 2. The standard InChI is InChI=1S/C14H10ClFN2/c1-8-3-2-4-12-13(8)18-14(17-12)10-6-5-9(16)7-11(10)15/h2-7H,1H3,(H,17,18). The second-order valence-corrected chi connectivity index (χ2v) is 4.59. The molecule has 0 aliphatic heterocycles. The topological polar surface area (TPSA) is 28.7 Å². The summed E-state index contributed by atoms with van der Waals surface area (Å²) >= 11 is 6.03. The van der Waals surface area contributed by atoms with Gasteiger partial charge in [0.2, 0.25) is 0 Å². The number of imidazole rings is 1. The molecule has 1 aromatic heterocycles. The number of rotatable bonds is 1. The van der Waals surface area contributed by atoms with Crippen molar-refractivity contribution in [2.75, 3.05) is 0 Å². The molecule has 0 radical (unpaired) electrons. The van der Waals surface area contributed by atoms with E-state index in [4.69, 9.17) is 11.6 Å². The van der Waals surface area contributed by atoms with Crippen molar-refractivity contribution in [1.82, 2.24) is 9.97 Å². The maximum atomic E-state index is 13.0. The van der Waals surface area contributed by atoms with Crippen molar-refractivity contribution in [2.24, 2.45) is 0 Å². The van der Waals surface area contributed by atoms with Crippen LogP contribution in [0, 0.1) is 12.7 Å². The zero-order valence-electron chi connectivity index (χ0n) is 9.67. The molecule has 0 fully saturated rings. The van der Waals surface area contributed by atoms with E-state index in [-0.39, 0.29) is 5.82 Å². The molecule has 0 aliphatic carbocycles. The van der Waals surface area contributed by atoms with Crippen LogP contribution >= 0.6 is 11.6 Å². The third-order valence-electron chi connectivity index (χ3n) is 2.90. The number of aromatic amines is 1. The minimum Gasteiger partial charge on any atom is -0.338 e. The predicted molar refractivity (Wildman–Crippen MR) is 71.2 cm³/mol. The Kier molecular flexibility index (Phi) is 2.56. The van der Waals surface area contributed by atoms with Crippen molar-refractivity contribution < 1.29 is 4.39 Å². The van der Waals surface area contributed by atoms with Crippen LogP contribution in [-0.2, 0) is 0 Å². The SMILES string of the molecule is Cc1cccc2[nH]c(-c3ccc(F)cc3Cl)nc12. The summed E-state index contributed by atoms with van der Waals surface area (Å²) in [7, 11) is 0. The lowest BCUT2D eigenvalue weighted by Gasteiger charge is -1.99. The summed E-state index contributed by atoms with van der Waals surface area (Å²) in [5, 5.41) is 0.353. The van der Waals surface area contributed by atoms with Crippen molar-refractivity contribution in [3.63, 3.8) is 0 Å². The van der Waals surface area contributed by atoms with Gasteiger partial charge in [-0.25, -0.2) is 9.37 Å². The molecule has 18 heavy (non-hydrogen) atoms. The predicted octanol–water partition coefficient (Wildman–Crippen LogP) is 4.33. The van der Waals surface area contributed by atoms with E-state index in [1.165, 1.54) is 12.1 Å². The fraction of sp³-hybridized carbons (Fsp3) is 0.0714. The van der Waals surface area contributed by atoms with Crippen molar-refractivity contribution in [3.05, 3.63) is 52.8 Å². The number of benzene rings is 2. The first-order chi connectivity index (χ1) is 8.65. The Bertz CT molecular complexity index is 734. The van der Waals surface area contributed by atoms with Crippen molar-refractivity contribution >= 4 is 22.6 Å². The number of halogens is 2. The molecule has 4 heteroatoms. The molecule has 0 amide bonds. The summed E-state index contributed by atoms with van der Waals surface area (Å²) in [5.41, 5.74) is 3.65. The second kappa shape index (κ2) is 4.10. The van der Waals surface area contributed by atoms with Gasteiger partial charge < -0.3 is 4.98 Å². The highest BCUT2D eigenvalue weighted by molar-refractivity contribution is 6.33. The van der Waals surface area contributed by atoms with Crippen LogP contribution in [0.5, 0.6) is 0 Å². The van der Waals surface area contributed by atoms with Crippen LogP contribution < -0.4 is 0 Å². The first kappa shape index (κ1) is 11.2. The molecule has 90 valence electrons. The van der Waals surface area contributed by atoms with E-state index in [1.54, 1.807) is 6.07 Å². The average Bonchev–Trinajstić information content (AvgIpc) is 2.74. The van der Waals surface area contributed by atoms with Gasteiger partial charge in [0.25, 0.3) is 0 Å². The van der Waals surface area contributed by atoms with E-state index in [1.807, 2.05) is 25.1 Å². The Morgan fingerprint density at radius 2 is 2.06 bits per heavy atom. The first-order valence-electron chi connectivity index (χ1n) is 5.56. The average molecular weight is 261 g/mol. The van der Waals surface area contributed by atoms with Crippen molar-refractivity contribution in [2.45, 2.75) is 6.92 Å². The van der Waals surface area contributed by atoms with E-state index >= 15 is 0 Å². The number of hydrogen-bond donors (Lipinski definition) is 1. The number of hydrogen-bond acceptors (Lipinski definition) is 1. The van der Waals surface area contributed by atoms with Gasteiger partial charge in [-0.1, -0.05) is 23.7 Å². The van der Waals surface area contributed by atoms with Gasteiger partial charge in [0.05, 0.1) is 16.1 Å². The maximum Gasteiger partial charge on any atom is 0.140 e. The van der Waals surface area contributed by atoms with Gasteiger partial charge in [0.1, 0.15) is 11.6 Å². The summed E-state index contributed by atoms with van der Waals surface area (Å²) in [4.78, 5) is 7.71. The number of nitrogens with zero attached hydrogens (tertiary/aromatic N) is 1. The number of para-hydroxylation sites is 1. The Hall–Kier alpha value is -1.87. The van der Waals surface area contributed by atoms with Crippen LogP contribution in [0.25, 0.3) is 22.4 Å². The Labute approximate surface area is 108 Å². The summed E-state index contributed by atoms with van der Waals surface area (Å²) in [6, 6.07) is 10.2. The molecule has 0 saturated carbocycles. The molecule has 0 unspecified atom stereocenters. The number of fused-ring (bicyclic) bond motifs is 1. The van der Waals surface area contributed by atoms with Crippen molar-refractivity contribution in [3.8, 4) is 11.4 Å². The summed E-state index contributed by atoms with van der Waals surface area (Å²) < 4.78 is 13.0. The molecule has 0 atom stereocenters. The van der Waals surface area contributed by atoms with Crippen LogP contribution in [0.3, 0.4) is 0 Å². The van der Waals surface area contributed by atoms with Crippen LogP contribution in [0.4, 0.5) is 4.39 Å². The normalized spacial score (nSPS) is 11.1. The van der Waals surface area contributed by atoms with Crippen molar-refractivity contribution in [1.29, 1.82) is 0 Å². The maximum absolute atomic E-state index is 13.0. The lowest BCUT2D eigenvalue weighted by atomic mass is 10.2. The molecule has 0 saturated heterocycles. The second-order valence-electron chi connectivity index (χ2n) is 4.18. The largest absolute Gasteiger partial charge is 0.338 e. The molecular weight excluding hydrogens is 251 g/mol. The van der Waals surface area contributed by atoms with Gasteiger partial charge >= 0.3 is 0 Å². The van der Waals surface area contributed by atoms with E-state index in [9.17, 15) is 4.39 Å². The fourth-order valence-electron chi connectivity index (χ4n) is 1.98. The van der Waals surface area contributed by atoms with Crippen LogP contribution in [0.1, 0.15) is 5.56 Å². The number of aryl methyl sites for hydroxylation is 1. The molecule has 0 aliphatic rings. The van der Waals surface area contributed by atoms with E-state index < -0.39 is 0 Å². The molecule has 3 rings (SSSR count). The molecule has 3 aromatic rings. The smallest absolute Gasteiger partial charge is 0.140 e. The summed E-state index contributed by atoms with van der Waals surface area (Å²) in [5.74, 6) is 0.306. The minimum atomic E-state index is -0.351. The molecule has 2 aromatic carbocycles. The Morgan fingerprint density at radius 1 is 1.22 bits per heavy atom. The third kappa shape index (κ3) is 1.77. The number of nitrogens with one attached hydrogen (secondary N) is 1. The van der Waals surface area contributed by atoms with Gasteiger partial charge in [0, 0.05) is 5.56 Å². The van der Waals surface area contributed by atoms with Crippen LogP contribution in [0.2, 0.25) is 5.02 Å². The quantitative estimate of drug-likeness (QED) is 0.693. The highest BCUT2D eigenvalue weighted by Gasteiger charge is 2.10. The summed E-state index contributed by atoms with van der Waals surface area (Å²) in [6.07, 6.45) is 0. The molecule has 0 spiro atoms.